The smallest absolute Gasteiger partial charge is 0.0755 e. The van der Waals surface area contributed by atoms with Crippen LogP contribution >= 0.6 is 45.2 Å². The summed E-state index contributed by atoms with van der Waals surface area (Å²) < 4.78 is 6.77. The second kappa shape index (κ2) is 13.2. The van der Waals surface area contributed by atoms with Crippen molar-refractivity contribution >= 4 is 45.2 Å². The van der Waals surface area contributed by atoms with Gasteiger partial charge >= 0.3 is 0 Å². The molecule has 3 rings (SSSR count). The summed E-state index contributed by atoms with van der Waals surface area (Å²) in [5.41, 5.74) is 2.47. The quantitative estimate of drug-likeness (QED) is 0.358. The summed E-state index contributed by atoms with van der Waals surface area (Å²) in [6.07, 6.45) is 12.8. The van der Waals surface area contributed by atoms with Crippen molar-refractivity contribution in [2.45, 2.75) is 78.8 Å². The number of aryl methyl sites for hydroxylation is 4. The van der Waals surface area contributed by atoms with E-state index < -0.39 is 0 Å². The fourth-order valence-electron chi connectivity index (χ4n) is 3.36. The normalized spacial score (nSPS) is 14.3. The molecule has 2 aromatic rings. The number of aromatic nitrogens is 4. The number of nitrogens with zero attached hydrogens (tertiary/aromatic N) is 5. The fraction of sp³-hybridized carbons (Fsp3) is 0.714. The molecule has 0 aromatic carbocycles. The molecule has 0 atom stereocenters. The molecular weight excluding hydrogens is 576 g/mol. The van der Waals surface area contributed by atoms with Gasteiger partial charge in [-0.2, -0.15) is 10.2 Å². The van der Waals surface area contributed by atoms with E-state index >= 15 is 0 Å². The Kier molecular flexibility index (Phi) is 11.4. The summed E-state index contributed by atoms with van der Waals surface area (Å²) in [7, 11) is 0. The van der Waals surface area contributed by atoms with Crippen LogP contribution in [-0.2, 0) is 25.9 Å². The Hall–Kier alpha value is -0.160. The van der Waals surface area contributed by atoms with E-state index in [1.807, 2.05) is 0 Å². The molecule has 0 saturated carbocycles. The predicted octanol–water partition coefficient (Wildman–Crippen LogP) is 5.39. The minimum absolute atomic E-state index is 1.04. The largest absolute Gasteiger partial charge is 0.303 e. The number of rotatable bonds is 9. The molecule has 0 radical (unpaired) electrons. The lowest BCUT2D eigenvalue weighted by Crippen LogP contribution is -2.21. The number of hydrogen-bond donors (Lipinski definition) is 0. The first-order chi connectivity index (χ1) is 13.6. The van der Waals surface area contributed by atoms with Crippen LogP contribution in [0.5, 0.6) is 0 Å². The summed E-state index contributed by atoms with van der Waals surface area (Å²) in [6.45, 7) is 12.5. The predicted molar refractivity (Wildman–Crippen MR) is 134 cm³/mol. The number of hydrogen-bond acceptors (Lipinski definition) is 3. The highest BCUT2D eigenvalue weighted by Crippen LogP contribution is 2.12. The van der Waals surface area contributed by atoms with Gasteiger partial charge in [0, 0.05) is 25.5 Å². The van der Waals surface area contributed by atoms with Crippen LogP contribution in [0.15, 0.2) is 12.4 Å². The Labute approximate surface area is 197 Å². The molecule has 1 fully saturated rings. The van der Waals surface area contributed by atoms with Crippen molar-refractivity contribution in [3.63, 3.8) is 0 Å². The van der Waals surface area contributed by atoms with Gasteiger partial charge in [-0.15, -0.1) is 0 Å². The molecule has 2 aromatic heterocycles. The van der Waals surface area contributed by atoms with Crippen molar-refractivity contribution in [2.24, 2.45) is 0 Å². The van der Waals surface area contributed by atoms with Gasteiger partial charge in [-0.3, -0.25) is 9.36 Å². The number of unbranched alkanes of at least 4 members (excludes halogenated alkanes) is 1. The van der Waals surface area contributed by atoms with Crippen LogP contribution in [0, 0.1) is 7.14 Å². The standard InChI is InChI=1S/C12H20IN3.C9H15IN2/c1-2-12-11(13)10-16(14-12)9-5-8-15-6-3-4-7-15;1-3-5-6-12-7-8(10)9(4-2)11-12/h10H,2-9H2,1H3;7H,3-6H2,1-2H3. The summed E-state index contributed by atoms with van der Waals surface area (Å²) in [4.78, 5) is 2.56. The highest BCUT2D eigenvalue weighted by atomic mass is 127. The first-order valence-electron chi connectivity index (χ1n) is 10.7. The SMILES string of the molecule is CCCCn1cc(I)c(CC)n1.CCc1nn(CCCN2CCCC2)cc1I. The second-order valence-corrected chi connectivity index (χ2v) is 9.66. The Morgan fingerprint density at radius 1 is 0.786 bits per heavy atom. The minimum Gasteiger partial charge on any atom is -0.303 e. The van der Waals surface area contributed by atoms with Crippen molar-refractivity contribution < 1.29 is 0 Å². The summed E-state index contributed by atoms with van der Waals surface area (Å²) in [5, 5.41) is 9.06. The van der Waals surface area contributed by atoms with Crippen LogP contribution < -0.4 is 0 Å². The third kappa shape index (κ3) is 7.93. The van der Waals surface area contributed by atoms with Crippen molar-refractivity contribution in [3.05, 3.63) is 30.9 Å². The first-order valence-corrected chi connectivity index (χ1v) is 12.9. The van der Waals surface area contributed by atoms with Crippen molar-refractivity contribution in [1.29, 1.82) is 0 Å². The molecule has 0 spiro atoms. The van der Waals surface area contributed by atoms with Crippen LogP contribution in [0.25, 0.3) is 0 Å². The summed E-state index contributed by atoms with van der Waals surface area (Å²) >= 11 is 4.73. The van der Waals surface area contributed by atoms with Gasteiger partial charge in [0.2, 0.25) is 0 Å². The zero-order valence-electron chi connectivity index (χ0n) is 17.6. The van der Waals surface area contributed by atoms with E-state index in [2.05, 4.69) is 103 Å². The molecule has 0 unspecified atom stereocenters. The number of likely N-dealkylation sites (tertiary alicyclic amines) is 1. The molecular formula is C21H35I2N5. The van der Waals surface area contributed by atoms with Gasteiger partial charge in [0.05, 0.1) is 18.5 Å². The van der Waals surface area contributed by atoms with E-state index in [0.717, 1.165) is 25.9 Å². The van der Waals surface area contributed by atoms with Crippen LogP contribution in [-0.4, -0.2) is 44.1 Å². The lowest BCUT2D eigenvalue weighted by atomic mass is 10.3. The van der Waals surface area contributed by atoms with E-state index in [1.165, 1.54) is 70.3 Å². The Balaban J connectivity index is 0.000000209. The van der Waals surface area contributed by atoms with Crippen molar-refractivity contribution in [1.82, 2.24) is 24.5 Å². The van der Waals surface area contributed by atoms with Crippen LogP contribution in [0.2, 0.25) is 0 Å². The fourth-order valence-corrected chi connectivity index (χ4v) is 4.99. The Morgan fingerprint density at radius 3 is 1.71 bits per heavy atom. The Morgan fingerprint density at radius 2 is 1.29 bits per heavy atom. The van der Waals surface area contributed by atoms with Gasteiger partial charge in [0.25, 0.3) is 0 Å². The lowest BCUT2D eigenvalue weighted by Gasteiger charge is -2.13. The maximum Gasteiger partial charge on any atom is 0.0755 e. The first kappa shape index (κ1) is 24.1. The van der Waals surface area contributed by atoms with Crippen molar-refractivity contribution in [2.75, 3.05) is 19.6 Å². The van der Waals surface area contributed by atoms with Gasteiger partial charge < -0.3 is 4.90 Å². The zero-order valence-corrected chi connectivity index (χ0v) is 21.9. The molecule has 1 saturated heterocycles. The van der Waals surface area contributed by atoms with Crippen LogP contribution in [0.1, 0.15) is 64.3 Å². The van der Waals surface area contributed by atoms with Gasteiger partial charge in [0.1, 0.15) is 0 Å². The maximum absolute atomic E-state index is 4.58. The van der Waals surface area contributed by atoms with E-state index in [1.54, 1.807) is 0 Å². The number of halogens is 2. The van der Waals surface area contributed by atoms with E-state index in [0.29, 0.717) is 0 Å². The Bertz CT molecular complexity index is 689. The summed E-state index contributed by atoms with van der Waals surface area (Å²) in [5.74, 6) is 0. The molecule has 5 nitrogen and oxygen atoms in total. The molecule has 0 bridgehead atoms. The summed E-state index contributed by atoms with van der Waals surface area (Å²) in [6, 6.07) is 0. The monoisotopic (exact) mass is 611 g/mol. The zero-order chi connectivity index (χ0) is 20.4. The van der Waals surface area contributed by atoms with Crippen LogP contribution in [0.3, 0.4) is 0 Å². The third-order valence-corrected chi connectivity index (χ3v) is 6.85. The van der Waals surface area contributed by atoms with Gasteiger partial charge in [-0.1, -0.05) is 27.2 Å². The highest BCUT2D eigenvalue weighted by Gasteiger charge is 2.11. The van der Waals surface area contributed by atoms with Crippen molar-refractivity contribution in [3.8, 4) is 0 Å². The topological polar surface area (TPSA) is 38.9 Å². The second-order valence-electron chi connectivity index (χ2n) is 7.34. The van der Waals surface area contributed by atoms with E-state index in [-0.39, 0.29) is 0 Å². The highest BCUT2D eigenvalue weighted by molar-refractivity contribution is 14.1. The third-order valence-electron chi connectivity index (χ3n) is 5.05. The average Bonchev–Trinajstić information content (AvgIpc) is 3.41. The van der Waals surface area contributed by atoms with Gasteiger partial charge in [-0.25, -0.2) is 0 Å². The molecule has 3 heterocycles. The molecule has 1 aliphatic rings. The van der Waals surface area contributed by atoms with Gasteiger partial charge in [-0.05, 0) is 103 Å². The molecule has 0 amide bonds. The molecule has 158 valence electrons. The molecule has 28 heavy (non-hydrogen) atoms. The van der Waals surface area contributed by atoms with E-state index in [4.69, 9.17) is 0 Å². The molecule has 0 N–H and O–H groups in total. The van der Waals surface area contributed by atoms with E-state index in [9.17, 15) is 0 Å². The maximum atomic E-state index is 4.58. The van der Waals surface area contributed by atoms with Gasteiger partial charge in [0.15, 0.2) is 0 Å². The lowest BCUT2D eigenvalue weighted by molar-refractivity contribution is 0.322. The minimum atomic E-state index is 1.04. The molecule has 7 heteroatoms. The molecule has 0 aliphatic carbocycles. The average molecular weight is 611 g/mol. The van der Waals surface area contributed by atoms with Crippen LogP contribution in [0.4, 0.5) is 0 Å². The molecule has 1 aliphatic heterocycles.